The average Bonchev–Trinajstić information content (AvgIpc) is 2.54. The van der Waals surface area contributed by atoms with E-state index in [0.717, 1.165) is 18.1 Å². The summed E-state index contributed by atoms with van der Waals surface area (Å²) in [5, 5.41) is 25.3. The monoisotopic (exact) mass is 328 g/mol. The molecule has 7 nitrogen and oxygen atoms in total. The minimum Gasteiger partial charge on any atom is -0.481 e. The number of nitro benzene ring substituents is 1. The number of Topliss-reactive ketones (excluding diaryl/α,β-unsaturated/α-hetero) is 1. The van der Waals surface area contributed by atoms with Gasteiger partial charge in [0.2, 0.25) is 5.78 Å². The fourth-order valence-electron chi connectivity index (χ4n) is 1.81. The molecule has 7 heteroatoms. The number of hydrogen-bond acceptors (Lipinski definition) is 5. The van der Waals surface area contributed by atoms with Gasteiger partial charge in [-0.05, 0) is 30.2 Å². The molecular formula is C17H16N2O5. The summed E-state index contributed by atoms with van der Waals surface area (Å²) in [6, 6.07) is 13.0. The number of nitrogens with one attached hydrogen (secondary N) is 1. The lowest BCUT2D eigenvalue weighted by Gasteiger charge is -2.03. The molecule has 0 spiro atoms. The molecule has 24 heavy (non-hydrogen) atoms. The number of non-ortho nitro benzene ring substituents is 1. The largest absolute Gasteiger partial charge is 0.481 e. The predicted octanol–water partition coefficient (Wildman–Crippen LogP) is 3.58. The van der Waals surface area contributed by atoms with Gasteiger partial charge in [0.15, 0.2) is 0 Å². The highest BCUT2D eigenvalue weighted by atomic mass is 16.6. The summed E-state index contributed by atoms with van der Waals surface area (Å²) in [6.07, 6.45) is 0. The molecule has 124 valence electrons. The summed E-state index contributed by atoms with van der Waals surface area (Å²) in [4.78, 5) is 30.7. The minimum atomic E-state index is -0.833. The van der Waals surface area contributed by atoms with Gasteiger partial charge in [-0.25, -0.2) is 0 Å². The highest BCUT2D eigenvalue weighted by Gasteiger charge is 2.09. The first-order valence-electron chi connectivity index (χ1n) is 6.86. The molecule has 2 aromatic rings. The van der Waals surface area contributed by atoms with E-state index in [4.69, 9.17) is 15.3 Å². The fraction of sp³-hybridized carbons (Fsp3) is 0.118. The molecule has 0 fully saturated rings. The fourth-order valence-corrected chi connectivity index (χ4v) is 1.81. The number of carbonyl (C=O) groups is 2. The van der Waals surface area contributed by atoms with E-state index < -0.39 is 10.9 Å². The maximum absolute atomic E-state index is 11.6. The Morgan fingerprint density at radius 2 is 1.33 bits per heavy atom. The van der Waals surface area contributed by atoms with Crippen LogP contribution in [0.5, 0.6) is 0 Å². The molecule has 0 amide bonds. The van der Waals surface area contributed by atoms with E-state index in [1.54, 1.807) is 36.4 Å². The number of aliphatic carboxylic acids is 1. The van der Waals surface area contributed by atoms with Gasteiger partial charge >= 0.3 is 0 Å². The van der Waals surface area contributed by atoms with Gasteiger partial charge in [0, 0.05) is 24.6 Å². The maximum atomic E-state index is 11.6. The predicted molar refractivity (Wildman–Crippen MR) is 89.6 cm³/mol. The third-order valence-electron chi connectivity index (χ3n) is 2.90. The van der Waals surface area contributed by atoms with Gasteiger partial charge in [0.05, 0.1) is 10.6 Å². The molecule has 0 bridgehead atoms. The van der Waals surface area contributed by atoms with Crippen molar-refractivity contribution in [3.8, 4) is 11.1 Å². The summed E-state index contributed by atoms with van der Waals surface area (Å²) >= 11 is 0. The number of benzene rings is 2. The van der Waals surface area contributed by atoms with Crippen molar-refractivity contribution >= 4 is 23.2 Å². The Labute approximate surface area is 138 Å². The van der Waals surface area contributed by atoms with E-state index in [1.165, 1.54) is 19.1 Å². The van der Waals surface area contributed by atoms with Crippen LogP contribution in [0.1, 0.15) is 24.2 Å². The van der Waals surface area contributed by atoms with E-state index in [-0.39, 0.29) is 17.2 Å². The molecule has 0 unspecified atom stereocenters. The smallest absolute Gasteiger partial charge is 0.300 e. The van der Waals surface area contributed by atoms with E-state index in [1.807, 2.05) is 0 Å². The van der Waals surface area contributed by atoms with Gasteiger partial charge in [0.1, 0.15) is 0 Å². The third-order valence-corrected chi connectivity index (χ3v) is 2.90. The van der Waals surface area contributed by atoms with Crippen molar-refractivity contribution in [3.63, 3.8) is 0 Å². The Bertz CT molecular complexity index is 761. The van der Waals surface area contributed by atoms with Crippen molar-refractivity contribution in [2.75, 3.05) is 0 Å². The molecule has 0 aliphatic heterocycles. The zero-order valence-electron chi connectivity index (χ0n) is 13.1. The van der Waals surface area contributed by atoms with Crippen LogP contribution in [0.15, 0.2) is 48.5 Å². The molecule has 0 atom stereocenters. The van der Waals surface area contributed by atoms with Crippen LogP contribution < -0.4 is 0 Å². The second-order valence-corrected chi connectivity index (χ2v) is 4.85. The van der Waals surface area contributed by atoms with Crippen LogP contribution in [0.3, 0.4) is 0 Å². The van der Waals surface area contributed by atoms with E-state index in [0.29, 0.717) is 5.56 Å². The minimum absolute atomic E-state index is 0.00640. The third kappa shape index (κ3) is 5.45. The summed E-state index contributed by atoms with van der Waals surface area (Å²) in [5.74, 6) is -1.14. The Balaban J connectivity index is 0.000000648. The second-order valence-electron chi connectivity index (χ2n) is 4.85. The van der Waals surface area contributed by atoms with Crippen LogP contribution in [-0.2, 0) is 4.79 Å². The molecule has 0 aromatic heterocycles. The Kier molecular flexibility index (Phi) is 6.49. The zero-order chi connectivity index (χ0) is 18.3. The number of hydrogen-bond donors (Lipinski definition) is 2. The SMILES string of the molecule is CC(=N)C(=O)c1ccc(-c2ccc([N+](=O)[O-])cc2)cc1.CC(=O)O. The van der Waals surface area contributed by atoms with Gasteiger partial charge < -0.3 is 10.5 Å². The molecule has 0 aliphatic rings. The highest BCUT2D eigenvalue weighted by Crippen LogP contribution is 2.22. The number of carboxylic acid groups (broad SMARTS) is 1. The van der Waals surface area contributed by atoms with E-state index in [9.17, 15) is 14.9 Å². The zero-order valence-corrected chi connectivity index (χ0v) is 13.1. The quantitative estimate of drug-likeness (QED) is 0.384. The molecule has 2 rings (SSSR count). The summed E-state index contributed by atoms with van der Waals surface area (Å²) in [5.41, 5.74) is 2.19. The molecule has 0 heterocycles. The normalized spacial score (nSPS) is 9.42. The Morgan fingerprint density at radius 3 is 1.67 bits per heavy atom. The lowest BCUT2D eigenvalue weighted by atomic mass is 10.0. The average molecular weight is 328 g/mol. The van der Waals surface area contributed by atoms with Crippen molar-refractivity contribution in [2.24, 2.45) is 0 Å². The Hall–Kier alpha value is -3.35. The lowest BCUT2D eigenvalue weighted by molar-refractivity contribution is -0.384. The van der Waals surface area contributed by atoms with Crippen LogP contribution in [0.25, 0.3) is 11.1 Å². The molecule has 0 saturated carbocycles. The van der Waals surface area contributed by atoms with Crippen molar-refractivity contribution in [1.29, 1.82) is 5.41 Å². The molecule has 2 aromatic carbocycles. The van der Waals surface area contributed by atoms with Gasteiger partial charge in [0.25, 0.3) is 11.7 Å². The number of carbonyl (C=O) groups excluding carboxylic acids is 1. The Morgan fingerprint density at radius 1 is 0.958 bits per heavy atom. The van der Waals surface area contributed by atoms with E-state index in [2.05, 4.69) is 0 Å². The standard InChI is InChI=1S/C15H12N2O3.C2H4O2/c1-10(16)15(18)13-4-2-11(3-5-13)12-6-8-14(9-7-12)17(19)20;1-2(3)4/h2-9,16H,1H3;1H3,(H,3,4). The van der Waals surface area contributed by atoms with Crippen LogP contribution in [-0.4, -0.2) is 27.5 Å². The first-order valence-corrected chi connectivity index (χ1v) is 6.86. The van der Waals surface area contributed by atoms with E-state index >= 15 is 0 Å². The summed E-state index contributed by atoms with van der Waals surface area (Å²) in [6.45, 7) is 2.53. The number of carboxylic acids is 1. The molecule has 2 N–H and O–H groups in total. The maximum Gasteiger partial charge on any atom is 0.300 e. The molecule has 0 saturated heterocycles. The lowest BCUT2D eigenvalue weighted by Crippen LogP contribution is -2.08. The van der Waals surface area contributed by atoms with Gasteiger partial charge in [-0.15, -0.1) is 0 Å². The van der Waals surface area contributed by atoms with Crippen molar-refractivity contribution in [1.82, 2.24) is 0 Å². The first-order chi connectivity index (χ1) is 11.2. The molecular weight excluding hydrogens is 312 g/mol. The van der Waals surface area contributed by atoms with Crippen LogP contribution >= 0.6 is 0 Å². The van der Waals surface area contributed by atoms with Crippen LogP contribution in [0, 0.1) is 15.5 Å². The van der Waals surface area contributed by atoms with Crippen molar-refractivity contribution in [3.05, 3.63) is 64.2 Å². The molecule has 0 aliphatic carbocycles. The number of ketones is 1. The number of nitrogens with zero attached hydrogens (tertiary/aromatic N) is 1. The number of rotatable bonds is 4. The van der Waals surface area contributed by atoms with Crippen molar-refractivity contribution in [2.45, 2.75) is 13.8 Å². The second kappa shape index (κ2) is 8.33. The summed E-state index contributed by atoms with van der Waals surface area (Å²) in [7, 11) is 0. The molecule has 0 radical (unpaired) electrons. The van der Waals surface area contributed by atoms with Gasteiger partial charge in [-0.2, -0.15) is 0 Å². The summed E-state index contributed by atoms with van der Waals surface area (Å²) < 4.78 is 0. The van der Waals surface area contributed by atoms with Crippen LogP contribution in [0.2, 0.25) is 0 Å². The highest BCUT2D eigenvalue weighted by molar-refractivity contribution is 6.44. The van der Waals surface area contributed by atoms with Gasteiger partial charge in [-0.3, -0.25) is 19.7 Å². The number of nitro groups is 1. The first kappa shape index (κ1) is 18.7. The topological polar surface area (TPSA) is 121 Å². The van der Waals surface area contributed by atoms with Crippen molar-refractivity contribution < 1.29 is 19.6 Å². The van der Waals surface area contributed by atoms with Gasteiger partial charge in [-0.1, -0.05) is 24.3 Å². The van der Waals surface area contributed by atoms with Crippen LogP contribution in [0.4, 0.5) is 5.69 Å².